The average molecular weight is 295 g/mol. The first-order valence-corrected chi connectivity index (χ1v) is 5.31. The van der Waals surface area contributed by atoms with Crippen LogP contribution in [0.25, 0.3) is 0 Å². The largest absolute Gasteiger partial charge is 0.394 e. The first-order valence-electron chi connectivity index (χ1n) is 4.14. The van der Waals surface area contributed by atoms with Crippen LogP contribution in [0, 0.1) is 0 Å². The van der Waals surface area contributed by atoms with Crippen molar-refractivity contribution < 1.29 is 14.7 Å². The molecule has 2 N–H and O–H groups in total. The van der Waals surface area contributed by atoms with E-state index in [0.717, 1.165) is 0 Å². The van der Waals surface area contributed by atoms with Crippen molar-refractivity contribution in [1.82, 2.24) is 5.48 Å². The Kier molecular flexibility index (Phi) is 5.04. The standard InChI is InChI=1S/C9H9BrClNO3/c10-8-6(2-1-3-7(8)11)9(14)12-15-5-4-13/h1-3,13H,4-5H2,(H,12,14). The predicted octanol–water partition coefficient (Wildman–Crippen LogP) is 1.76. The third kappa shape index (κ3) is 3.46. The van der Waals surface area contributed by atoms with Crippen LogP contribution >= 0.6 is 27.5 Å². The summed E-state index contributed by atoms with van der Waals surface area (Å²) in [5.41, 5.74) is 2.56. The second kappa shape index (κ2) is 6.07. The smallest absolute Gasteiger partial charge is 0.276 e. The number of carbonyl (C=O) groups is 1. The lowest BCUT2D eigenvalue weighted by atomic mass is 10.2. The number of hydrogen-bond donors (Lipinski definition) is 2. The molecule has 0 heterocycles. The van der Waals surface area contributed by atoms with Crippen molar-refractivity contribution in [3.63, 3.8) is 0 Å². The molecule has 0 aliphatic carbocycles. The second-order valence-electron chi connectivity index (χ2n) is 2.60. The minimum atomic E-state index is -0.419. The number of amides is 1. The van der Waals surface area contributed by atoms with Gasteiger partial charge in [0.2, 0.25) is 0 Å². The number of nitrogens with one attached hydrogen (secondary N) is 1. The lowest BCUT2D eigenvalue weighted by Crippen LogP contribution is -2.25. The summed E-state index contributed by atoms with van der Waals surface area (Å²) in [7, 11) is 0. The van der Waals surface area contributed by atoms with Gasteiger partial charge >= 0.3 is 0 Å². The van der Waals surface area contributed by atoms with Crippen LogP contribution in [0.5, 0.6) is 0 Å². The molecule has 0 aliphatic heterocycles. The zero-order valence-electron chi connectivity index (χ0n) is 7.67. The molecule has 1 rings (SSSR count). The van der Waals surface area contributed by atoms with E-state index in [9.17, 15) is 4.79 Å². The van der Waals surface area contributed by atoms with Gasteiger partial charge in [-0.1, -0.05) is 17.7 Å². The van der Waals surface area contributed by atoms with E-state index in [-0.39, 0.29) is 13.2 Å². The van der Waals surface area contributed by atoms with Gasteiger partial charge in [0.15, 0.2) is 0 Å². The Morgan fingerprint density at radius 3 is 3.00 bits per heavy atom. The minimum Gasteiger partial charge on any atom is -0.394 e. The van der Waals surface area contributed by atoms with E-state index in [1.807, 2.05) is 0 Å². The molecule has 4 nitrogen and oxygen atoms in total. The molecule has 1 aromatic rings. The molecule has 0 aliphatic rings. The molecule has 0 bridgehead atoms. The average Bonchev–Trinajstić information content (AvgIpc) is 2.22. The third-order valence-electron chi connectivity index (χ3n) is 1.55. The Hall–Kier alpha value is -0.620. The monoisotopic (exact) mass is 293 g/mol. The third-order valence-corrected chi connectivity index (χ3v) is 2.95. The van der Waals surface area contributed by atoms with Crippen molar-refractivity contribution in [1.29, 1.82) is 0 Å². The van der Waals surface area contributed by atoms with Crippen LogP contribution in [0.3, 0.4) is 0 Å². The number of carbonyl (C=O) groups excluding carboxylic acids is 1. The molecule has 0 unspecified atom stereocenters. The first-order chi connectivity index (χ1) is 7.16. The number of aliphatic hydroxyl groups is 1. The highest BCUT2D eigenvalue weighted by Gasteiger charge is 2.11. The molecular formula is C9H9BrClNO3. The first kappa shape index (κ1) is 12.4. The molecule has 0 saturated carbocycles. The highest BCUT2D eigenvalue weighted by molar-refractivity contribution is 9.10. The van der Waals surface area contributed by atoms with Crippen molar-refractivity contribution in [3.05, 3.63) is 33.3 Å². The van der Waals surface area contributed by atoms with E-state index in [2.05, 4.69) is 26.2 Å². The number of aliphatic hydroxyl groups excluding tert-OH is 1. The molecule has 1 aromatic carbocycles. The number of hydrogen-bond acceptors (Lipinski definition) is 3. The van der Waals surface area contributed by atoms with E-state index in [0.29, 0.717) is 15.1 Å². The number of hydroxylamine groups is 1. The van der Waals surface area contributed by atoms with Gasteiger partial charge in [0, 0.05) is 4.47 Å². The summed E-state index contributed by atoms with van der Waals surface area (Å²) in [5.74, 6) is -0.419. The van der Waals surface area contributed by atoms with Gasteiger partial charge in [0.1, 0.15) is 0 Å². The van der Waals surface area contributed by atoms with Gasteiger partial charge < -0.3 is 5.11 Å². The molecule has 0 atom stereocenters. The van der Waals surface area contributed by atoms with Gasteiger partial charge in [-0.05, 0) is 28.1 Å². The molecule has 82 valence electrons. The van der Waals surface area contributed by atoms with Gasteiger partial charge in [-0.25, -0.2) is 5.48 Å². The maximum Gasteiger partial charge on any atom is 0.276 e. The minimum absolute atomic E-state index is 0.0456. The Morgan fingerprint density at radius 2 is 2.33 bits per heavy atom. The van der Waals surface area contributed by atoms with E-state index in [1.165, 1.54) is 0 Å². The molecule has 0 spiro atoms. The molecule has 1 amide bonds. The molecule has 0 aromatic heterocycles. The summed E-state index contributed by atoms with van der Waals surface area (Å²) in [6.45, 7) is -0.110. The molecule has 0 saturated heterocycles. The number of halogens is 2. The summed E-state index contributed by atoms with van der Waals surface area (Å²) in [5, 5.41) is 8.89. The van der Waals surface area contributed by atoms with E-state index < -0.39 is 5.91 Å². The topological polar surface area (TPSA) is 58.6 Å². The van der Waals surface area contributed by atoms with Crippen molar-refractivity contribution in [2.75, 3.05) is 13.2 Å². The van der Waals surface area contributed by atoms with Gasteiger partial charge in [0.25, 0.3) is 5.91 Å². The Labute approximate surface area is 100 Å². The second-order valence-corrected chi connectivity index (χ2v) is 3.80. The molecule has 0 radical (unpaired) electrons. The van der Waals surface area contributed by atoms with Crippen molar-refractivity contribution in [2.24, 2.45) is 0 Å². The zero-order valence-corrected chi connectivity index (χ0v) is 10.0. The van der Waals surface area contributed by atoms with Gasteiger partial charge in [0.05, 0.1) is 23.8 Å². The predicted molar refractivity (Wildman–Crippen MR) is 59.7 cm³/mol. The number of rotatable bonds is 4. The van der Waals surface area contributed by atoms with Gasteiger partial charge in [-0.2, -0.15) is 0 Å². The normalized spacial score (nSPS) is 10.1. The molecule has 6 heteroatoms. The summed E-state index contributed by atoms with van der Waals surface area (Å²) >= 11 is 9.00. The summed E-state index contributed by atoms with van der Waals surface area (Å²) in [6.07, 6.45) is 0. The fourth-order valence-corrected chi connectivity index (χ4v) is 1.52. The molecule has 15 heavy (non-hydrogen) atoms. The van der Waals surface area contributed by atoms with E-state index in [1.54, 1.807) is 18.2 Å². The van der Waals surface area contributed by atoms with Crippen LogP contribution in [0.2, 0.25) is 5.02 Å². The van der Waals surface area contributed by atoms with Crippen LogP contribution in [0.15, 0.2) is 22.7 Å². The SMILES string of the molecule is O=C(NOCCO)c1cccc(Cl)c1Br. The Bertz CT molecular complexity index is 359. The lowest BCUT2D eigenvalue weighted by molar-refractivity contribution is 0.0168. The van der Waals surface area contributed by atoms with E-state index in [4.69, 9.17) is 16.7 Å². The fourth-order valence-electron chi connectivity index (χ4n) is 0.896. The summed E-state index contributed by atoms with van der Waals surface area (Å²) < 4.78 is 0.511. The maximum atomic E-state index is 11.5. The maximum absolute atomic E-state index is 11.5. The lowest BCUT2D eigenvalue weighted by Gasteiger charge is -2.06. The Morgan fingerprint density at radius 1 is 1.60 bits per heavy atom. The number of benzene rings is 1. The van der Waals surface area contributed by atoms with Crippen molar-refractivity contribution in [2.45, 2.75) is 0 Å². The summed E-state index contributed by atoms with van der Waals surface area (Å²) in [6, 6.07) is 4.93. The van der Waals surface area contributed by atoms with Crippen molar-refractivity contribution >= 4 is 33.4 Å². The molecular weight excluding hydrogens is 285 g/mol. The van der Waals surface area contributed by atoms with Crippen LogP contribution < -0.4 is 5.48 Å². The Balaban J connectivity index is 2.69. The van der Waals surface area contributed by atoms with Gasteiger partial charge in [-0.3, -0.25) is 9.63 Å². The van der Waals surface area contributed by atoms with Gasteiger partial charge in [-0.15, -0.1) is 0 Å². The van der Waals surface area contributed by atoms with Crippen LogP contribution in [-0.4, -0.2) is 24.2 Å². The fraction of sp³-hybridized carbons (Fsp3) is 0.222. The van der Waals surface area contributed by atoms with Crippen LogP contribution in [0.4, 0.5) is 0 Å². The highest BCUT2D eigenvalue weighted by atomic mass is 79.9. The quantitative estimate of drug-likeness (QED) is 0.657. The zero-order chi connectivity index (χ0) is 11.3. The highest BCUT2D eigenvalue weighted by Crippen LogP contribution is 2.25. The van der Waals surface area contributed by atoms with Crippen LogP contribution in [0.1, 0.15) is 10.4 Å². The summed E-state index contributed by atoms with van der Waals surface area (Å²) in [4.78, 5) is 16.2. The van der Waals surface area contributed by atoms with Crippen LogP contribution in [-0.2, 0) is 4.84 Å². The van der Waals surface area contributed by atoms with E-state index >= 15 is 0 Å². The molecule has 0 fully saturated rings. The van der Waals surface area contributed by atoms with Crippen molar-refractivity contribution in [3.8, 4) is 0 Å².